The minimum atomic E-state index is -1.10. The van der Waals surface area contributed by atoms with Crippen LogP contribution in [0.3, 0.4) is 0 Å². The minimum Gasteiger partial charge on any atom is -0.497 e. The molecule has 0 aliphatic carbocycles. The first-order chi connectivity index (χ1) is 20.7. The Bertz CT molecular complexity index is 1490. The van der Waals surface area contributed by atoms with Crippen molar-refractivity contribution in [2.24, 2.45) is 5.41 Å². The van der Waals surface area contributed by atoms with Gasteiger partial charge in [-0.1, -0.05) is 23.7 Å². The maximum atomic E-state index is 15.3. The summed E-state index contributed by atoms with van der Waals surface area (Å²) in [4.78, 5) is 29.1. The van der Waals surface area contributed by atoms with Gasteiger partial charge in [0.05, 0.1) is 25.9 Å². The number of halogens is 4. The van der Waals surface area contributed by atoms with Crippen LogP contribution < -0.4 is 19.3 Å². The third-order valence-corrected chi connectivity index (χ3v) is 8.30. The third-order valence-electron chi connectivity index (χ3n) is 8.08. The van der Waals surface area contributed by atoms with Crippen LogP contribution in [0.25, 0.3) is 0 Å². The zero-order valence-corrected chi connectivity index (χ0v) is 24.7. The van der Waals surface area contributed by atoms with E-state index in [2.05, 4.69) is 0 Å². The van der Waals surface area contributed by atoms with Crippen molar-refractivity contribution in [3.05, 3.63) is 82.1 Å². The summed E-state index contributed by atoms with van der Waals surface area (Å²) in [6.45, 7) is 2.27. The van der Waals surface area contributed by atoms with E-state index in [0.29, 0.717) is 17.1 Å². The van der Waals surface area contributed by atoms with Gasteiger partial charge in [0, 0.05) is 30.1 Å². The molecule has 7 nitrogen and oxygen atoms in total. The van der Waals surface area contributed by atoms with Crippen molar-refractivity contribution in [1.82, 2.24) is 0 Å². The number of esters is 1. The zero-order valence-electron chi connectivity index (χ0n) is 23.9. The van der Waals surface area contributed by atoms with Gasteiger partial charge in [-0.15, -0.1) is 0 Å². The first-order valence-electron chi connectivity index (χ1n) is 14.1. The molecule has 1 fully saturated rings. The van der Waals surface area contributed by atoms with Crippen molar-refractivity contribution in [2.75, 3.05) is 43.2 Å². The smallest absolute Gasteiger partial charge is 0.315 e. The summed E-state index contributed by atoms with van der Waals surface area (Å²) in [5.41, 5.74) is 0.194. The molecular weight excluding hydrogens is 585 g/mol. The molecule has 0 N–H and O–H groups in total. The Kier molecular flexibility index (Phi) is 9.05. The van der Waals surface area contributed by atoms with Crippen LogP contribution in [0.2, 0.25) is 5.02 Å². The van der Waals surface area contributed by atoms with Crippen LogP contribution >= 0.6 is 11.6 Å². The number of fused-ring (bicyclic) bond motifs is 1. The Labute approximate surface area is 253 Å². The molecule has 0 unspecified atom stereocenters. The number of ether oxygens (including phenoxy) is 3. The van der Waals surface area contributed by atoms with Crippen molar-refractivity contribution in [3.63, 3.8) is 0 Å². The van der Waals surface area contributed by atoms with E-state index in [0.717, 1.165) is 17.7 Å². The number of anilines is 2. The van der Waals surface area contributed by atoms with Crippen molar-refractivity contribution in [2.45, 2.75) is 39.2 Å². The second kappa shape index (κ2) is 12.8. The van der Waals surface area contributed by atoms with Gasteiger partial charge in [0.25, 0.3) is 0 Å². The zero-order chi connectivity index (χ0) is 30.7. The lowest BCUT2D eigenvalue weighted by Gasteiger charge is -2.41. The van der Waals surface area contributed by atoms with Crippen molar-refractivity contribution < 1.29 is 37.0 Å². The summed E-state index contributed by atoms with van der Waals surface area (Å²) in [5, 5.41) is -0.0445. The van der Waals surface area contributed by atoms with Gasteiger partial charge in [-0.05, 0) is 68.1 Å². The Balaban J connectivity index is 1.38. The molecule has 0 bridgehead atoms. The Hall–Kier alpha value is -3.92. The van der Waals surface area contributed by atoms with E-state index in [1.165, 1.54) is 17.0 Å². The number of carbonyl (C=O) groups is 2. The van der Waals surface area contributed by atoms with Crippen molar-refractivity contribution in [3.8, 4) is 11.5 Å². The van der Waals surface area contributed by atoms with E-state index in [1.54, 1.807) is 31.1 Å². The average Bonchev–Trinajstić information content (AvgIpc) is 2.99. The molecule has 0 atom stereocenters. The number of rotatable bonds is 9. The highest BCUT2D eigenvalue weighted by molar-refractivity contribution is 6.30. The second-order valence-electron chi connectivity index (χ2n) is 10.7. The fourth-order valence-electron chi connectivity index (χ4n) is 5.73. The van der Waals surface area contributed by atoms with Gasteiger partial charge in [-0.3, -0.25) is 9.59 Å². The number of hydrogen-bond donors (Lipinski definition) is 0. The van der Waals surface area contributed by atoms with E-state index in [-0.39, 0.29) is 80.8 Å². The van der Waals surface area contributed by atoms with Crippen LogP contribution in [0.5, 0.6) is 11.5 Å². The Morgan fingerprint density at radius 1 is 0.953 bits per heavy atom. The SMILES string of the molecule is CCOC(=O)C1(COc2ccc(F)c3c2CCC(=O)N3Cc2ccc(OC)cc2)CCN(c2c(F)cc(Cl)cc2F)CC1. The highest BCUT2D eigenvalue weighted by Gasteiger charge is 2.45. The predicted molar refractivity (Wildman–Crippen MR) is 156 cm³/mol. The van der Waals surface area contributed by atoms with Crippen LogP contribution in [-0.2, 0) is 27.3 Å². The Morgan fingerprint density at radius 3 is 2.26 bits per heavy atom. The van der Waals surface area contributed by atoms with Gasteiger partial charge in [0.1, 0.15) is 35.0 Å². The fourth-order valence-corrected chi connectivity index (χ4v) is 5.92. The third kappa shape index (κ3) is 6.25. The van der Waals surface area contributed by atoms with Crippen LogP contribution in [0.4, 0.5) is 24.5 Å². The number of piperidine rings is 1. The van der Waals surface area contributed by atoms with Gasteiger partial charge in [0.2, 0.25) is 5.91 Å². The van der Waals surface area contributed by atoms with Gasteiger partial charge < -0.3 is 24.0 Å². The first kappa shape index (κ1) is 30.5. The number of carbonyl (C=O) groups excluding carboxylic acids is 2. The lowest BCUT2D eigenvalue weighted by molar-refractivity contribution is -0.159. The maximum Gasteiger partial charge on any atom is 0.315 e. The molecule has 1 amide bonds. The van der Waals surface area contributed by atoms with Gasteiger partial charge in [-0.25, -0.2) is 13.2 Å². The van der Waals surface area contributed by atoms with Crippen molar-refractivity contribution >= 4 is 34.9 Å². The molecule has 5 rings (SSSR count). The number of hydrogen-bond acceptors (Lipinski definition) is 6. The molecule has 3 aromatic carbocycles. The van der Waals surface area contributed by atoms with Gasteiger partial charge in [0.15, 0.2) is 11.6 Å². The normalized spacial score (nSPS) is 16.1. The summed E-state index contributed by atoms with van der Waals surface area (Å²) < 4.78 is 61.3. The van der Waals surface area contributed by atoms with Crippen LogP contribution in [-0.4, -0.2) is 45.3 Å². The molecule has 0 saturated carbocycles. The summed E-state index contributed by atoms with van der Waals surface area (Å²) in [6.07, 6.45) is 0.854. The summed E-state index contributed by atoms with van der Waals surface area (Å²) in [5.74, 6) is -1.77. The monoisotopic (exact) mass is 616 g/mol. The lowest BCUT2D eigenvalue weighted by Crippen LogP contribution is -2.49. The van der Waals surface area contributed by atoms with E-state index >= 15 is 4.39 Å². The Morgan fingerprint density at radius 2 is 1.63 bits per heavy atom. The molecule has 0 spiro atoms. The standard InChI is InChI=1S/C32H32ClF3N2O5/c1-3-42-31(40)32(12-14-37(15-13-32)30-25(35)16-21(33)17-26(30)36)19-43-27-10-9-24(34)29-23(27)8-11-28(39)38(29)18-20-4-6-22(41-2)7-5-20/h4-7,9-10,16-17H,3,8,11-15,18-19H2,1-2H3. The van der Waals surface area contributed by atoms with E-state index in [4.69, 9.17) is 25.8 Å². The molecule has 1 saturated heterocycles. The molecule has 11 heteroatoms. The molecule has 3 aromatic rings. The van der Waals surface area contributed by atoms with Crippen LogP contribution in [0.15, 0.2) is 48.5 Å². The van der Waals surface area contributed by atoms with Crippen LogP contribution in [0.1, 0.15) is 37.3 Å². The quantitative estimate of drug-likeness (QED) is 0.257. The maximum absolute atomic E-state index is 15.3. The van der Waals surface area contributed by atoms with Crippen LogP contribution in [0, 0.1) is 22.9 Å². The second-order valence-corrected chi connectivity index (χ2v) is 11.1. The van der Waals surface area contributed by atoms with Gasteiger partial charge in [-0.2, -0.15) is 0 Å². The predicted octanol–water partition coefficient (Wildman–Crippen LogP) is 6.47. The number of benzene rings is 3. The molecule has 0 radical (unpaired) electrons. The molecule has 2 aliphatic heterocycles. The number of amides is 1. The number of nitrogens with zero attached hydrogens (tertiary/aromatic N) is 2. The summed E-state index contributed by atoms with van der Waals surface area (Å²) in [7, 11) is 1.56. The van der Waals surface area contributed by atoms with Crippen molar-refractivity contribution in [1.29, 1.82) is 0 Å². The molecule has 43 heavy (non-hydrogen) atoms. The largest absolute Gasteiger partial charge is 0.497 e. The lowest BCUT2D eigenvalue weighted by atomic mass is 9.78. The highest BCUT2D eigenvalue weighted by atomic mass is 35.5. The van der Waals surface area contributed by atoms with Gasteiger partial charge >= 0.3 is 5.97 Å². The topological polar surface area (TPSA) is 68.3 Å². The molecule has 2 heterocycles. The number of methoxy groups -OCH3 is 1. The average molecular weight is 617 g/mol. The first-order valence-corrected chi connectivity index (χ1v) is 14.5. The van der Waals surface area contributed by atoms with E-state index in [9.17, 15) is 18.4 Å². The highest BCUT2D eigenvalue weighted by Crippen LogP contribution is 2.41. The summed E-state index contributed by atoms with van der Waals surface area (Å²) >= 11 is 5.79. The molecule has 2 aliphatic rings. The molecular formula is C32H32ClF3N2O5. The summed E-state index contributed by atoms with van der Waals surface area (Å²) in [6, 6.07) is 12.0. The van der Waals surface area contributed by atoms with E-state index < -0.39 is 28.8 Å². The van der Waals surface area contributed by atoms with E-state index in [1.807, 2.05) is 12.1 Å². The molecule has 0 aromatic heterocycles. The molecule has 228 valence electrons. The fraction of sp³-hybridized carbons (Fsp3) is 0.375. The minimum absolute atomic E-state index is 0.0445.